The third-order valence-electron chi connectivity index (χ3n) is 1.56. The molecule has 11 heavy (non-hydrogen) atoms. The number of hydrogen-bond donors (Lipinski definition) is 2. The maximum absolute atomic E-state index is 5.63. The average molecular weight is 173 g/mol. The minimum atomic E-state index is 0. The van der Waals surface area contributed by atoms with E-state index in [1.807, 2.05) is 26.0 Å². The van der Waals surface area contributed by atoms with Crippen LogP contribution in [0.15, 0.2) is 12.1 Å². The minimum Gasteiger partial charge on any atom is -0.397 e. The first kappa shape index (κ1) is 10.1. The zero-order valence-corrected chi connectivity index (χ0v) is 7.53. The number of halogens is 1. The van der Waals surface area contributed by atoms with E-state index in [0.29, 0.717) is 11.4 Å². The third-order valence-corrected chi connectivity index (χ3v) is 1.56. The molecule has 1 rings (SSSR count). The summed E-state index contributed by atoms with van der Waals surface area (Å²) in [6.07, 6.45) is 0. The molecule has 0 heterocycles. The molecule has 0 spiro atoms. The first-order valence-electron chi connectivity index (χ1n) is 3.23. The first-order chi connectivity index (χ1) is 4.61. The standard InChI is InChI=1S/C8H12N2.ClH/c1-5-3-6(2)8(10)7(9)4-5;/h3-4H,9-10H2,1-2H3;1H. The van der Waals surface area contributed by atoms with Gasteiger partial charge in [0.25, 0.3) is 0 Å². The summed E-state index contributed by atoms with van der Waals surface area (Å²) in [5.41, 5.74) is 14.8. The number of anilines is 2. The van der Waals surface area contributed by atoms with Crippen LogP contribution in [-0.2, 0) is 0 Å². The molecule has 0 bridgehead atoms. The van der Waals surface area contributed by atoms with Gasteiger partial charge in [-0.1, -0.05) is 6.07 Å². The molecule has 0 aliphatic carbocycles. The predicted octanol–water partition coefficient (Wildman–Crippen LogP) is 1.89. The number of hydrogen-bond acceptors (Lipinski definition) is 2. The molecule has 0 aliphatic rings. The van der Waals surface area contributed by atoms with E-state index in [0.717, 1.165) is 11.1 Å². The summed E-state index contributed by atoms with van der Waals surface area (Å²) in [4.78, 5) is 0. The minimum absolute atomic E-state index is 0. The summed E-state index contributed by atoms with van der Waals surface area (Å²) in [7, 11) is 0. The molecule has 0 aliphatic heterocycles. The fourth-order valence-electron chi connectivity index (χ4n) is 1.01. The second kappa shape index (κ2) is 3.49. The molecular formula is C8H13ClN2. The quantitative estimate of drug-likeness (QED) is 0.588. The van der Waals surface area contributed by atoms with E-state index in [-0.39, 0.29) is 12.4 Å². The number of nitrogens with two attached hydrogens (primary N) is 2. The highest BCUT2D eigenvalue weighted by atomic mass is 35.5. The van der Waals surface area contributed by atoms with E-state index in [4.69, 9.17) is 11.5 Å². The van der Waals surface area contributed by atoms with Crippen molar-refractivity contribution < 1.29 is 0 Å². The second-order valence-corrected chi connectivity index (χ2v) is 2.58. The van der Waals surface area contributed by atoms with Crippen LogP contribution in [0.25, 0.3) is 0 Å². The van der Waals surface area contributed by atoms with E-state index in [9.17, 15) is 0 Å². The molecule has 0 saturated carbocycles. The lowest BCUT2D eigenvalue weighted by Gasteiger charge is -2.04. The summed E-state index contributed by atoms with van der Waals surface area (Å²) < 4.78 is 0. The van der Waals surface area contributed by atoms with Crippen molar-refractivity contribution >= 4 is 23.8 Å². The van der Waals surface area contributed by atoms with E-state index < -0.39 is 0 Å². The van der Waals surface area contributed by atoms with Crippen LogP contribution in [0.2, 0.25) is 0 Å². The van der Waals surface area contributed by atoms with Crippen LogP contribution < -0.4 is 11.5 Å². The topological polar surface area (TPSA) is 52.0 Å². The Morgan fingerprint density at radius 1 is 1.09 bits per heavy atom. The van der Waals surface area contributed by atoms with Gasteiger partial charge in [0, 0.05) is 0 Å². The molecule has 4 N–H and O–H groups in total. The Balaban J connectivity index is 0.000001000. The highest BCUT2D eigenvalue weighted by molar-refractivity contribution is 5.85. The van der Waals surface area contributed by atoms with Gasteiger partial charge in [-0.3, -0.25) is 0 Å². The number of rotatable bonds is 0. The van der Waals surface area contributed by atoms with Crippen LogP contribution in [0.4, 0.5) is 11.4 Å². The molecule has 62 valence electrons. The van der Waals surface area contributed by atoms with Gasteiger partial charge in [0.15, 0.2) is 0 Å². The Morgan fingerprint density at radius 2 is 1.64 bits per heavy atom. The van der Waals surface area contributed by atoms with Crippen molar-refractivity contribution in [1.82, 2.24) is 0 Å². The summed E-state index contributed by atoms with van der Waals surface area (Å²) in [5.74, 6) is 0. The van der Waals surface area contributed by atoms with E-state index in [1.54, 1.807) is 0 Å². The van der Waals surface area contributed by atoms with Crippen LogP contribution in [0.1, 0.15) is 11.1 Å². The number of aryl methyl sites for hydroxylation is 2. The normalized spacial score (nSPS) is 8.91. The Hall–Kier alpha value is -0.890. The van der Waals surface area contributed by atoms with Gasteiger partial charge >= 0.3 is 0 Å². The molecule has 0 aromatic heterocycles. The van der Waals surface area contributed by atoms with Crippen molar-refractivity contribution in [3.05, 3.63) is 23.3 Å². The zero-order chi connectivity index (χ0) is 7.72. The third kappa shape index (κ3) is 2.02. The Bertz CT molecular complexity index is 235. The van der Waals surface area contributed by atoms with Crippen molar-refractivity contribution in [1.29, 1.82) is 0 Å². The van der Waals surface area contributed by atoms with Gasteiger partial charge in [-0.25, -0.2) is 0 Å². The first-order valence-corrected chi connectivity index (χ1v) is 3.23. The molecule has 0 saturated heterocycles. The Kier molecular flexibility index (Phi) is 3.20. The lowest BCUT2D eigenvalue weighted by Crippen LogP contribution is -1.97. The number of benzene rings is 1. The summed E-state index contributed by atoms with van der Waals surface area (Å²) >= 11 is 0. The highest BCUT2D eigenvalue weighted by Gasteiger charge is 1.97. The lowest BCUT2D eigenvalue weighted by atomic mass is 10.1. The van der Waals surface area contributed by atoms with Crippen molar-refractivity contribution in [3.8, 4) is 0 Å². The van der Waals surface area contributed by atoms with Gasteiger partial charge in [0.2, 0.25) is 0 Å². The van der Waals surface area contributed by atoms with Gasteiger partial charge in [0.1, 0.15) is 0 Å². The van der Waals surface area contributed by atoms with Gasteiger partial charge in [-0.05, 0) is 31.0 Å². The van der Waals surface area contributed by atoms with Crippen molar-refractivity contribution in [2.24, 2.45) is 0 Å². The van der Waals surface area contributed by atoms with Crippen molar-refractivity contribution in [3.63, 3.8) is 0 Å². The molecule has 0 amide bonds. The highest BCUT2D eigenvalue weighted by Crippen LogP contribution is 2.20. The van der Waals surface area contributed by atoms with Gasteiger partial charge in [-0.15, -0.1) is 12.4 Å². The van der Waals surface area contributed by atoms with E-state index in [2.05, 4.69) is 0 Å². The smallest absolute Gasteiger partial charge is 0.0577 e. The summed E-state index contributed by atoms with van der Waals surface area (Å²) in [5, 5.41) is 0. The van der Waals surface area contributed by atoms with Crippen LogP contribution in [-0.4, -0.2) is 0 Å². The van der Waals surface area contributed by atoms with Gasteiger partial charge < -0.3 is 11.5 Å². The fourth-order valence-corrected chi connectivity index (χ4v) is 1.01. The fraction of sp³-hybridized carbons (Fsp3) is 0.250. The maximum Gasteiger partial charge on any atom is 0.0577 e. The SMILES string of the molecule is Cc1cc(C)c(N)c(N)c1.Cl. The molecule has 0 unspecified atom stereocenters. The Labute approximate surface area is 73.0 Å². The number of nitrogen functional groups attached to an aromatic ring is 2. The molecular weight excluding hydrogens is 160 g/mol. The molecule has 0 fully saturated rings. The van der Waals surface area contributed by atoms with Crippen LogP contribution in [0, 0.1) is 13.8 Å². The Morgan fingerprint density at radius 3 is 2.09 bits per heavy atom. The lowest BCUT2D eigenvalue weighted by molar-refractivity contribution is 1.39. The van der Waals surface area contributed by atoms with Gasteiger partial charge in [0.05, 0.1) is 11.4 Å². The van der Waals surface area contributed by atoms with E-state index in [1.165, 1.54) is 0 Å². The van der Waals surface area contributed by atoms with Gasteiger partial charge in [-0.2, -0.15) is 0 Å². The molecule has 0 radical (unpaired) electrons. The summed E-state index contributed by atoms with van der Waals surface area (Å²) in [6.45, 7) is 3.96. The largest absolute Gasteiger partial charge is 0.397 e. The predicted molar refractivity (Wildman–Crippen MR) is 52.0 cm³/mol. The molecule has 0 atom stereocenters. The molecule has 1 aromatic carbocycles. The zero-order valence-electron chi connectivity index (χ0n) is 6.72. The monoisotopic (exact) mass is 172 g/mol. The van der Waals surface area contributed by atoms with Crippen molar-refractivity contribution in [2.45, 2.75) is 13.8 Å². The van der Waals surface area contributed by atoms with Crippen LogP contribution in [0.3, 0.4) is 0 Å². The van der Waals surface area contributed by atoms with Crippen LogP contribution in [0.5, 0.6) is 0 Å². The second-order valence-electron chi connectivity index (χ2n) is 2.58. The van der Waals surface area contributed by atoms with E-state index >= 15 is 0 Å². The van der Waals surface area contributed by atoms with Crippen molar-refractivity contribution in [2.75, 3.05) is 11.5 Å². The van der Waals surface area contributed by atoms with Crippen LogP contribution >= 0.6 is 12.4 Å². The average Bonchev–Trinajstić information content (AvgIpc) is 1.82. The maximum atomic E-state index is 5.63. The molecule has 2 nitrogen and oxygen atoms in total. The molecule has 3 heteroatoms. The molecule has 1 aromatic rings. The summed E-state index contributed by atoms with van der Waals surface area (Å²) in [6, 6.07) is 3.90.